The van der Waals surface area contributed by atoms with E-state index in [-0.39, 0.29) is 22.7 Å². The van der Waals surface area contributed by atoms with E-state index in [9.17, 15) is 23.5 Å². The van der Waals surface area contributed by atoms with Gasteiger partial charge in [0.25, 0.3) is 0 Å². The van der Waals surface area contributed by atoms with Crippen LogP contribution in [0, 0.1) is 34.6 Å². The normalized spacial score (nSPS) is 21.9. The molecular formula is C24H21F4N3O3. The van der Waals surface area contributed by atoms with Crippen LogP contribution in [-0.2, 0) is 0 Å². The molecule has 2 atom stereocenters. The number of nitrogens with zero attached hydrogens (tertiary/aromatic N) is 2. The summed E-state index contributed by atoms with van der Waals surface area (Å²) in [6, 6.07) is 3.24. The van der Waals surface area contributed by atoms with Gasteiger partial charge in [-0.25, -0.2) is 22.4 Å². The van der Waals surface area contributed by atoms with E-state index in [4.69, 9.17) is 5.73 Å². The number of carboxylic acids is 1. The van der Waals surface area contributed by atoms with Gasteiger partial charge in [-0.15, -0.1) is 0 Å². The highest BCUT2D eigenvalue weighted by Crippen LogP contribution is 2.50. The number of hydrogen-bond acceptors (Lipinski definition) is 4. The molecular weight excluding hydrogens is 454 g/mol. The van der Waals surface area contributed by atoms with Gasteiger partial charge in [0.2, 0.25) is 5.43 Å². The van der Waals surface area contributed by atoms with E-state index in [0.717, 1.165) is 48.2 Å². The van der Waals surface area contributed by atoms with Crippen LogP contribution >= 0.6 is 0 Å². The molecule has 5 rings (SSSR count). The summed E-state index contributed by atoms with van der Waals surface area (Å²) >= 11 is 0. The monoisotopic (exact) mass is 475 g/mol. The topological polar surface area (TPSA) is 88.6 Å². The predicted molar refractivity (Wildman–Crippen MR) is 117 cm³/mol. The molecule has 0 radical (unpaired) electrons. The molecule has 0 bridgehead atoms. The van der Waals surface area contributed by atoms with Crippen molar-refractivity contribution >= 4 is 22.6 Å². The summed E-state index contributed by atoms with van der Waals surface area (Å²) in [6.07, 6.45) is 3.49. The van der Waals surface area contributed by atoms with Crippen LogP contribution in [0.25, 0.3) is 16.6 Å². The van der Waals surface area contributed by atoms with Crippen LogP contribution in [0.4, 0.5) is 23.2 Å². The molecule has 0 unspecified atom stereocenters. The largest absolute Gasteiger partial charge is 0.477 e. The molecule has 3 N–H and O–H groups in total. The first kappa shape index (κ1) is 22.4. The molecule has 1 saturated heterocycles. The van der Waals surface area contributed by atoms with Crippen LogP contribution in [0.15, 0.2) is 35.3 Å². The Balaban J connectivity index is 1.79. The lowest BCUT2D eigenvalue weighted by Gasteiger charge is -2.28. The van der Waals surface area contributed by atoms with Crippen LogP contribution in [0.3, 0.4) is 0 Å². The number of halogens is 4. The summed E-state index contributed by atoms with van der Waals surface area (Å²) in [5.74, 6) is -5.64. The van der Waals surface area contributed by atoms with Crippen molar-refractivity contribution in [2.24, 2.45) is 17.1 Å². The van der Waals surface area contributed by atoms with Crippen LogP contribution in [0.5, 0.6) is 0 Å². The zero-order chi connectivity index (χ0) is 24.4. The number of fused-ring (bicyclic) bond motifs is 2. The number of anilines is 1. The van der Waals surface area contributed by atoms with E-state index in [1.165, 1.54) is 0 Å². The molecule has 2 aliphatic rings. The van der Waals surface area contributed by atoms with Crippen molar-refractivity contribution in [2.45, 2.75) is 19.3 Å². The smallest absolute Gasteiger partial charge is 0.341 e. The van der Waals surface area contributed by atoms with Crippen LogP contribution in [0.1, 0.15) is 29.6 Å². The quantitative estimate of drug-likeness (QED) is 0.561. The molecule has 2 fully saturated rings. The van der Waals surface area contributed by atoms with Crippen molar-refractivity contribution in [2.75, 3.05) is 24.5 Å². The molecule has 0 amide bonds. The Bertz CT molecular complexity index is 1410. The number of aromatic nitrogens is 1. The van der Waals surface area contributed by atoms with Crippen molar-refractivity contribution in [3.05, 3.63) is 69.5 Å². The van der Waals surface area contributed by atoms with Gasteiger partial charge in [-0.2, -0.15) is 0 Å². The maximum Gasteiger partial charge on any atom is 0.341 e. The van der Waals surface area contributed by atoms with Crippen molar-refractivity contribution < 1.29 is 27.5 Å². The molecule has 6 nitrogen and oxygen atoms in total. The molecule has 1 aliphatic heterocycles. The fourth-order valence-electron chi connectivity index (χ4n) is 5.63. The Labute approximate surface area is 191 Å². The summed E-state index contributed by atoms with van der Waals surface area (Å²) < 4.78 is 60.3. The summed E-state index contributed by atoms with van der Waals surface area (Å²) in [7, 11) is 0. The highest BCUT2D eigenvalue weighted by molar-refractivity contribution is 5.94. The van der Waals surface area contributed by atoms with Gasteiger partial charge < -0.3 is 20.3 Å². The molecule has 1 aliphatic carbocycles. The fourth-order valence-corrected chi connectivity index (χ4v) is 5.63. The summed E-state index contributed by atoms with van der Waals surface area (Å²) in [5, 5.41) is 8.89. The molecule has 0 spiro atoms. The van der Waals surface area contributed by atoms with Gasteiger partial charge in [-0.3, -0.25) is 4.79 Å². The van der Waals surface area contributed by atoms with Crippen LogP contribution in [0.2, 0.25) is 0 Å². The first-order chi connectivity index (χ1) is 16.2. The van der Waals surface area contributed by atoms with Crippen LogP contribution < -0.4 is 16.1 Å². The second-order valence-corrected chi connectivity index (χ2v) is 9.10. The summed E-state index contributed by atoms with van der Waals surface area (Å²) in [5.41, 5.74) is 2.59. The van der Waals surface area contributed by atoms with E-state index in [1.807, 2.05) is 0 Å². The van der Waals surface area contributed by atoms with E-state index in [0.29, 0.717) is 25.7 Å². The van der Waals surface area contributed by atoms with Gasteiger partial charge in [0, 0.05) is 30.8 Å². The lowest BCUT2D eigenvalue weighted by molar-refractivity contribution is 0.0695. The minimum absolute atomic E-state index is 0.165. The van der Waals surface area contributed by atoms with Crippen molar-refractivity contribution in [3.63, 3.8) is 0 Å². The minimum Gasteiger partial charge on any atom is -0.477 e. The first-order valence-electron chi connectivity index (χ1n) is 10.9. The zero-order valence-electron chi connectivity index (χ0n) is 18.0. The molecule has 10 heteroatoms. The Morgan fingerprint density at radius 1 is 1.18 bits per heavy atom. The molecule has 178 valence electrons. The Hall–Kier alpha value is -3.40. The lowest BCUT2D eigenvalue weighted by atomic mass is 9.81. The van der Waals surface area contributed by atoms with Gasteiger partial charge in [0.05, 0.1) is 16.6 Å². The van der Waals surface area contributed by atoms with Crippen LogP contribution in [-0.4, -0.2) is 35.3 Å². The van der Waals surface area contributed by atoms with Crippen molar-refractivity contribution in [1.82, 2.24) is 4.57 Å². The molecule has 2 aromatic carbocycles. The van der Waals surface area contributed by atoms with Crippen molar-refractivity contribution in [1.29, 1.82) is 0 Å². The number of hydrogen-bond donors (Lipinski definition) is 2. The summed E-state index contributed by atoms with van der Waals surface area (Å²) in [4.78, 5) is 26.0. The standard InChI is InChI=1S/C24H21F4N3O3/c25-13-3-4-18(16(26)6-13)31-9-15(23(33)34)22(32)14-7-17(27)21(19(28)20(14)31)30-8-12-2-1-5-24(12,10-29)11-30/h3-4,6-7,9,12H,1-2,5,8,10-11,29H2,(H,33,34)/t12-,24-/m0/s1. The number of carbonyl (C=O) groups is 1. The van der Waals surface area contributed by atoms with Gasteiger partial charge in [-0.05, 0) is 43.5 Å². The molecule has 1 saturated carbocycles. The predicted octanol–water partition coefficient (Wildman–Crippen LogP) is 3.81. The molecule has 2 heterocycles. The van der Waals surface area contributed by atoms with Crippen molar-refractivity contribution in [3.8, 4) is 5.69 Å². The van der Waals surface area contributed by atoms with E-state index >= 15 is 8.78 Å². The Morgan fingerprint density at radius 3 is 2.59 bits per heavy atom. The SMILES string of the molecule is NC[C@]12CCC[C@H]1CN(c1c(F)cc3c(=O)c(C(=O)O)cn(-c4ccc(F)cc4F)c3c1F)C2. The molecule has 1 aromatic heterocycles. The average molecular weight is 475 g/mol. The Kier molecular flexibility index (Phi) is 5.16. The number of aromatic carboxylic acids is 1. The third-order valence-corrected chi connectivity index (χ3v) is 7.32. The van der Waals surface area contributed by atoms with E-state index < -0.39 is 51.1 Å². The highest BCUT2D eigenvalue weighted by atomic mass is 19.1. The third-order valence-electron chi connectivity index (χ3n) is 7.32. The number of pyridine rings is 1. The van der Waals surface area contributed by atoms with Gasteiger partial charge in [0.15, 0.2) is 5.82 Å². The maximum absolute atomic E-state index is 16.0. The number of nitrogens with two attached hydrogens (primary N) is 1. The zero-order valence-corrected chi connectivity index (χ0v) is 18.0. The molecule has 34 heavy (non-hydrogen) atoms. The van der Waals surface area contributed by atoms with Gasteiger partial charge >= 0.3 is 5.97 Å². The number of carboxylic acid groups (broad SMARTS) is 1. The third kappa shape index (κ3) is 3.19. The average Bonchev–Trinajstić information content (AvgIpc) is 3.32. The fraction of sp³-hybridized carbons (Fsp3) is 0.333. The Morgan fingerprint density at radius 2 is 1.94 bits per heavy atom. The van der Waals surface area contributed by atoms with Gasteiger partial charge in [0.1, 0.15) is 28.7 Å². The summed E-state index contributed by atoms with van der Waals surface area (Å²) in [6.45, 7) is 1.08. The van der Waals surface area contributed by atoms with E-state index in [1.54, 1.807) is 4.90 Å². The van der Waals surface area contributed by atoms with E-state index in [2.05, 4.69) is 0 Å². The minimum atomic E-state index is -1.65. The molecule has 3 aromatic rings. The first-order valence-corrected chi connectivity index (χ1v) is 10.9. The lowest BCUT2D eigenvalue weighted by Crippen LogP contribution is -2.35. The number of benzene rings is 2. The maximum atomic E-state index is 16.0. The second kappa shape index (κ2) is 7.83. The highest BCUT2D eigenvalue weighted by Gasteiger charge is 2.49. The second-order valence-electron chi connectivity index (χ2n) is 9.10. The number of rotatable bonds is 4. The van der Waals surface area contributed by atoms with Gasteiger partial charge in [-0.1, -0.05) is 6.42 Å².